The van der Waals surface area contributed by atoms with Gasteiger partial charge in [0.15, 0.2) is 0 Å². The van der Waals surface area contributed by atoms with Gasteiger partial charge in [-0.15, -0.1) is 11.8 Å². The Morgan fingerprint density at radius 2 is 1.79 bits per heavy atom. The van der Waals surface area contributed by atoms with Crippen LogP contribution >= 0.6 is 35.0 Å². The fourth-order valence-electron chi connectivity index (χ4n) is 2.47. The Morgan fingerprint density at radius 3 is 2.46 bits per heavy atom. The molecule has 4 rings (SSSR count). The Labute approximate surface area is 170 Å². The van der Waals surface area contributed by atoms with Crippen molar-refractivity contribution in [2.75, 3.05) is 0 Å². The molecule has 0 fully saturated rings. The van der Waals surface area contributed by atoms with Crippen molar-refractivity contribution in [1.29, 1.82) is 0 Å². The van der Waals surface area contributed by atoms with Crippen LogP contribution < -0.4 is 0 Å². The molecule has 0 aliphatic heterocycles. The number of rotatable bonds is 4. The van der Waals surface area contributed by atoms with Gasteiger partial charge in [0, 0.05) is 38.7 Å². The van der Waals surface area contributed by atoms with Crippen molar-refractivity contribution in [3.8, 4) is 11.4 Å². The van der Waals surface area contributed by atoms with Gasteiger partial charge in [-0.1, -0.05) is 28.4 Å². The highest BCUT2D eigenvalue weighted by Gasteiger charge is 2.38. The molecule has 0 amide bonds. The summed E-state index contributed by atoms with van der Waals surface area (Å²) in [7, 11) is 0. The van der Waals surface area contributed by atoms with Crippen molar-refractivity contribution in [1.82, 2.24) is 19.5 Å². The third-order valence-corrected chi connectivity index (χ3v) is 5.10. The largest absolute Gasteiger partial charge is 0.471 e. The van der Waals surface area contributed by atoms with Crippen molar-refractivity contribution in [2.45, 2.75) is 16.8 Å². The number of pyridine rings is 1. The summed E-state index contributed by atoms with van der Waals surface area (Å²) in [6.45, 7) is 0. The smallest absolute Gasteiger partial charge is 0.329 e. The van der Waals surface area contributed by atoms with E-state index in [1.807, 2.05) is 0 Å². The Bertz CT molecular complexity index is 1140. The fourth-order valence-corrected chi connectivity index (χ4v) is 4.00. The number of nitrogens with zero attached hydrogens (tertiary/aromatic N) is 4. The van der Waals surface area contributed by atoms with Gasteiger partial charge in [0.2, 0.25) is 5.82 Å². The number of aromatic nitrogens is 4. The summed E-state index contributed by atoms with van der Waals surface area (Å²) in [5.41, 5.74) is 1.80. The molecule has 144 valence electrons. The molecular formula is C17H9Cl2F3N4OS. The van der Waals surface area contributed by atoms with E-state index in [0.717, 1.165) is 10.6 Å². The molecule has 0 atom stereocenters. The molecule has 0 unspecified atom stereocenters. The molecule has 11 heteroatoms. The number of halogens is 5. The van der Waals surface area contributed by atoms with Crippen LogP contribution in [0.1, 0.15) is 11.6 Å². The summed E-state index contributed by atoms with van der Waals surface area (Å²) in [4.78, 5) is 8.78. The molecule has 0 radical (unpaired) electrons. The van der Waals surface area contributed by atoms with E-state index < -0.39 is 12.1 Å². The summed E-state index contributed by atoms with van der Waals surface area (Å²) >= 11 is 13.5. The second-order valence-electron chi connectivity index (χ2n) is 5.73. The maximum Gasteiger partial charge on any atom is 0.471 e. The zero-order chi connectivity index (χ0) is 19.9. The molecule has 0 aliphatic rings. The van der Waals surface area contributed by atoms with E-state index in [2.05, 4.69) is 19.6 Å². The average molecular weight is 445 g/mol. The van der Waals surface area contributed by atoms with E-state index in [0.29, 0.717) is 27.0 Å². The van der Waals surface area contributed by atoms with Gasteiger partial charge >= 0.3 is 12.1 Å². The van der Waals surface area contributed by atoms with Gasteiger partial charge in [0.1, 0.15) is 5.65 Å². The lowest BCUT2D eigenvalue weighted by molar-refractivity contribution is -0.159. The number of thioether (sulfide) groups is 1. The molecular weight excluding hydrogens is 436 g/mol. The molecule has 3 heterocycles. The Morgan fingerprint density at radius 1 is 1.04 bits per heavy atom. The predicted molar refractivity (Wildman–Crippen MR) is 99.5 cm³/mol. The van der Waals surface area contributed by atoms with Crippen LogP contribution in [0.5, 0.6) is 0 Å². The number of fused-ring (bicyclic) bond motifs is 1. The summed E-state index contributed by atoms with van der Waals surface area (Å²) in [6, 6.07) is 8.52. The van der Waals surface area contributed by atoms with E-state index in [-0.39, 0.29) is 5.82 Å². The van der Waals surface area contributed by atoms with Crippen molar-refractivity contribution in [2.24, 2.45) is 0 Å². The molecule has 0 saturated heterocycles. The summed E-state index contributed by atoms with van der Waals surface area (Å²) in [5.74, 6) is -0.966. The minimum atomic E-state index is -4.68. The maximum atomic E-state index is 12.6. The number of imidazole rings is 1. The van der Waals surface area contributed by atoms with Crippen LogP contribution in [0.25, 0.3) is 17.0 Å². The minimum Gasteiger partial charge on any atom is -0.329 e. The lowest BCUT2D eigenvalue weighted by atomic mass is 10.3. The van der Waals surface area contributed by atoms with Gasteiger partial charge in [-0.05, 0) is 30.3 Å². The van der Waals surface area contributed by atoms with Crippen LogP contribution in [0.2, 0.25) is 10.0 Å². The van der Waals surface area contributed by atoms with Gasteiger partial charge in [0.25, 0.3) is 0 Å². The van der Waals surface area contributed by atoms with Crippen LogP contribution in [0.3, 0.4) is 0 Å². The standard InChI is InChI=1S/C17H9Cl2F3N4OS/c18-10-3-11(19)5-13(4-10)28-8-12-7-26-6-9(1-2-14(26)23-12)15-24-16(27-25-15)17(20,21)22/h1-7H,8H2. The number of alkyl halides is 3. The summed E-state index contributed by atoms with van der Waals surface area (Å²) in [5, 5.41) is 4.49. The van der Waals surface area contributed by atoms with Gasteiger partial charge < -0.3 is 8.92 Å². The highest BCUT2D eigenvalue weighted by Crippen LogP contribution is 2.30. The van der Waals surface area contributed by atoms with Crippen molar-refractivity contribution < 1.29 is 17.7 Å². The molecule has 28 heavy (non-hydrogen) atoms. The van der Waals surface area contributed by atoms with Gasteiger partial charge in [0.05, 0.1) is 5.69 Å². The lowest BCUT2D eigenvalue weighted by Crippen LogP contribution is -2.04. The predicted octanol–water partition coefficient (Wildman–Crippen LogP) is 6.00. The summed E-state index contributed by atoms with van der Waals surface area (Å²) < 4.78 is 43.8. The van der Waals surface area contributed by atoms with Gasteiger partial charge in [-0.3, -0.25) is 0 Å². The first kappa shape index (κ1) is 19.1. The number of hydrogen-bond acceptors (Lipinski definition) is 5. The van der Waals surface area contributed by atoms with E-state index in [9.17, 15) is 13.2 Å². The van der Waals surface area contributed by atoms with E-state index >= 15 is 0 Å². The first-order valence-corrected chi connectivity index (χ1v) is 9.50. The first-order valence-electron chi connectivity index (χ1n) is 7.76. The molecule has 3 aromatic heterocycles. The van der Waals surface area contributed by atoms with Crippen LogP contribution in [0.15, 0.2) is 52.1 Å². The SMILES string of the molecule is FC(F)(F)c1nc(-c2ccc3nc(CSc4cc(Cl)cc(Cl)c4)cn3c2)no1. The van der Waals surface area contributed by atoms with Gasteiger partial charge in [-0.25, -0.2) is 4.98 Å². The van der Waals surface area contributed by atoms with Crippen molar-refractivity contribution in [3.63, 3.8) is 0 Å². The third kappa shape index (κ3) is 4.11. The van der Waals surface area contributed by atoms with Crippen molar-refractivity contribution >= 4 is 40.6 Å². The summed E-state index contributed by atoms with van der Waals surface area (Å²) in [6.07, 6.45) is -1.31. The third-order valence-electron chi connectivity index (χ3n) is 3.65. The highest BCUT2D eigenvalue weighted by atomic mass is 35.5. The lowest BCUT2D eigenvalue weighted by Gasteiger charge is -2.01. The maximum absolute atomic E-state index is 12.6. The van der Waals surface area contributed by atoms with E-state index in [1.165, 1.54) is 11.8 Å². The first-order chi connectivity index (χ1) is 13.3. The van der Waals surface area contributed by atoms with E-state index in [4.69, 9.17) is 23.2 Å². The zero-order valence-corrected chi connectivity index (χ0v) is 16.1. The Kier molecular flexibility index (Phi) is 4.98. The highest BCUT2D eigenvalue weighted by molar-refractivity contribution is 7.98. The number of hydrogen-bond donors (Lipinski definition) is 0. The van der Waals surface area contributed by atoms with E-state index in [1.54, 1.807) is 47.1 Å². The number of benzene rings is 1. The van der Waals surface area contributed by atoms with Crippen LogP contribution in [0.4, 0.5) is 13.2 Å². The monoisotopic (exact) mass is 444 g/mol. The second kappa shape index (κ2) is 7.31. The molecule has 4 aromatic rings. The molecule has 1 aromatic carbocycles. The molecule has 5 nitrogen and oxygen atoms in total. The Hall–Kier alpha value is -2.23. The van der Waals surface area contributed by atoms with Gasteiger partial charge in [-0.2, -0.15) is 18.2 Å². The molecule has 0 bridgehead atoms. The second-order valence-corrected chi connectivity index (χ2v) is 7.65. The topological polar surface area (TPSA) is 56.2 Å². The molecule has 0 saturated carbocycles. The Balaban J connectivity index is 1.55. The normalized spacial score (nSPS) is 12.0. The van der Waals surface area contributed by atoms with Crippen molar-refractivity contribution in [3.05, 3.63) is 64.4 Å². The molecule has 0 spiro atoms. The van der Waals surface area contributed by atoms with Crippen LogP contribution in [0, 0.1) is 0 Å². The van der Waals surface area contributed by atoms with Crippen LogP contribution in [-0.4, -0.2) is 19.5 Å². The molecule has 0 N–H and O–H groups in total. The fraction of sp³-hybridized carbons (Fsp3) is 0.118. The minimum absolute atomic E-state index is 0.146. The molecule has 0 aliphatic carbocycles. The quantitative estimate of drug-likeness (QED) is 0.361. The van der Waals surface area contributed by atoms with Crippen LogP contribution in [-0.2, 0) is 11.9 Å². The average Bonchev–Trinajstić information content (AvgIpc) is 3.25. The zero-order valence-electron chi connectivity index (χ0n) is 13.7.